The van der Waals surface area contributed by atoms with Gasteiger partial charge in [-0.15, -0.1) is 0 Å². The van der Waals surface area contributed by atoms with Crippen LogP contribution in [-0.4, -0.2) is 31.7 Å². The van der Waals surface area contributed by atoms with Crippen LogP contribution in [0.2, 0.25) is 0 Å². The molecular formula is C14H16N4O3. The lowest BCUT2D eigenvalue weighted by atomic mass is 10.1. The van der Waals surface area contributed by atoms with Crippen LogP contribution < -0.4 is 5.32 Å². The number of nitrogens with one attached hydrogen (secondary N) is 1. The molecule has 0 saturated heterocycles. The molecule has 0 saturated carbocycles. The first-order valence-electron chi connectivity index (χ1n) is 6.43. The summed E-state index contributed by atoms with van der Waals surface area (Å²) in [7, 11) is 1.83. The second-order valence-corrected chi connectivity index (χ2v) is 4.73. The summed E-state index contributed by atoms with van der Waals surface area (Å²) in [4.78, 5) is 26.5. The minimum absolute atomic E-state index is 0.0379. The van der Waals surface area contributed by atoms with Crippen molar-refractivity contribution in [2.75, 3.05) is 5.32 Å². The first-order chi connectivity index (χ1) is 9.95. The number of aromatic nitrogens is 3. The Balaban J connectivity index is 1.94. The molecule has 110 valence electrons. The number of amides is 1. The third-order valence-electron chi connectivity index (χ3n) is 3.01. The van der Waals surface area contributed by atoms with E-state index in [1.165, 1.54) is 18.5 Å². The Hall–Kier alpha value is -2.70. The summed E-state index contributed by atoms with van der Waals surface area (Å²) >= 11 is 0. The van der Waals surface area contributed by atoms with Gasteiger partial charge in [0.05, 0.1) is 23.1 Å². The largest absolute Gasteiger partial charge is 0.478 e. The Morgan fingerprint density at radius 3 is 2.76 bits per heavy atom. The molecule has 0 atom stereocenters. The summed E-state index contributed by atoms with van der Waals surface area (Å²) in [6, 6.07) is 1.38. The number of aromatic carboxylic acids is 1. The predicted octanol–water partition coefficient (Wildman–Crippen LogP) is 1.39. The molecule has 1 amide bonds. The van der Waals surface area contributed by atoms with Gasteiger partial charge in [0, 0.05) is 25.9 Å². The summed E-state index contributed by atoms with van der Waals surface area (Å²) in [6.07, 6.45) is 5.41. The van der Waals surface area contributed by atoms with E-state index in [4.69, 9.17) is 5.11 Å². The van der Waals surface area contributed by atoms with Gasteiger partial charge >= 0.3 is 5.97 Å². The van der Waals surface area contributed by atoms with Gasteiger partial charge in [-0.1, -0.05) is 0 Å². The fourth-order valence-electron chi connectivity index (χ4n) is 1.99. The Labute approximate surface area is 121 Å². The second-order valence-electron chi connectivity index (χ2n) is 4.73. The van der Waals surface area contributed by atoms with Crippen molar-refractivity contribution >= 4 is 17.6 Å². The maximum Gasteiger partial charge on any atom is 0.337 e. The Bertz CT molecular complexity index is 679. The minimum atomic E-state index is -1.08. The van der Waals surface area contributed by atoms with Crippen LogP contribution in [0.25, 0.3) is 0 Å². The molecule has 0 aromatic carbocycles. The average molecular weight is 288 g/mol. The number of anilines is 1. The van der Waals surface area contributed by atoms with Crippen LogP contribution in [0.5, 0.6) is 0 Å². The Kier molecular flexibility index (Phi) is 4.32. The van der Waals surface area contributed by atoms with Crippen molar-refractivity contribution in [3.8, 4) is 0 Å². The fraction of sp³-hybridized carbons (Fsp3) is 0.286. The molecule has 7 heteroatoms. The lowest BCUT2D eigenvalue weighted by Gasteiger charge is -2.05. The zero-order valence-corrected chi connectivity index (χ0v) is 11.8. The highest BCUT2D eigenvalue weighted by molar-refractivity contribution is 5.93. The van der Waals surface area contributed by atoms with Crippen molar-refractivity contribution in [2.24, 2.45) is 7.05 Å². The van der Waals surface area contributed by atoms with Gasteiger partial charge in [0.15, 0.2) is 0 Å². The molecule has 0 radical (unpaired) electrons. The molecule has 2 rings (SSSR count). The number of hydrogen-bond donors (Lipinski definition) is 2. The third kappa shape index (κ3) is 3.88. The molecule has 0 fully saturated rings. The Morgan fingerprint density at radius 2 is 2.14 bits per heavy atom. The molecule has 0 aliphatic heterocycles. The van der Waals surface area contributed by atoms with E-state index in [9.17, 15) is 9.59 Å². The third-order valence-corrected chi connectivity index (χ3v) is 3.01. The zero-order chi connectivity index (χ0) is 15.4. The molecule has 0 bridgehead atoms. The van der Waals surface area contributed by atoms with Crippen molar-refractivity contribution in [1.29, 1.82) is 0 Å². The molecule has 2 aromatic rings. The van der Waals surface area contributed by atoms with E-state index >= 15 is 0 Å². The van der Waals surface area contributed by atoms with Crippen LogP contribution >= 0.6 is 0 Å². The van der Waals surface area contributed by atoms with Gasteiger partial charge in [0.25, 0.3) is 0 Å². The van der Waals surface area contributed by atoms with E-state index in [0.717, 1.165) is 11.3 Å². The topological polar surface area (TPSA) is 97.1 Å². The molecule has 0 unspecified atom stereocenters. The summed E-state index contributed by atoms with van der Waals surface area (Å²) in [5.41, 5.74) is 2.34. The highest BCUT2D eigenvalue weighted by Gasteiger charge is 2.09. The lowest BCUT2D eigenvalue weighted by Crippen LogP contribution is -2.13. The molecule has 0 aliphatic rings. The Morgan fingerprint density at radius 1 is 1.38 bits per heavy atom. The van der Waals surface area contributed by atoms with E-state index in [0.29, 0.717) is 18.5 Å². The van der Waals surface area contributed by atoms with E-state index < -0.39 is 5.97 Å². The van der Waals surface area contributed by atoms with Gasteiger partial charge in [-0.3, -0.25) is 14.5 Å². The van der Waals surface area contributed by atoms with E-state index in [1.807, 2.05) is 20.2 Å². The highest BCUT2D eigenvalue weighted by atomic mass is 16.4. The van der Waals surface area contributed by atoms with E-state index in [-0.39, 0.29) is 11.5 Å². The number of carbonyl (C=O) groups is 2. The number of carboxylic acid groups (broad SMARTS) is 1. The van der Waals surface area contributed by atoms with Gasteiger partial charge in [-0.25, -0.2) is 4.79 Å². The van der Waals surface area contributed by atoms with Gasteiger partial charge in [-0.2, -0.15) is 5.10 Å². The normalized spacial score (nSPS) is 10.4. The van der Waals surface area contributed by atoms with Crippen molar-refractivity contribution in [3.05, 3.63) is 41.5 Å². The lowest BCUT2D eigenvalue weighted by molar-refractivity contribution is -0.116. The van der Waals surface area contributed by atoms with Crippen molar-refractivity contribution in [2.45, 2.75) is 19.8 Å². The number of carbonyl (C=O) groups excluding carboxylic acids is 1. The van der Waals surface area contributed by atoms with E-state index in [2.05, 4.69) is 15.4 Å². The first-order valence-corrected chi connectivity index (χ1v) is 6.43. The summed E-state index contributed by atoms with van der Waals surface area (Å²) in [5.74, 6) is -1.27. The van der Waals surface area contributed by atoms with Crippen molar-refractivity contribution in [1.82, 2.24) is 14.8 Å². The standard InChI is InChI=1S/C14H16N4O3/c1-9-10(8-18(2)17-9)3-4-13(19)16-12-5-11(14(20)21)6-15-7-12/h5-8H,3-4H2,1-2H3,(H,16,19)(H,20,21). The van der Waals surface area contributed by atoms with Crippen LogP contribution in [0.3, 0.4) is 0 Å². The summed E-state index contributed by atoms with van der Waals surface area (Å²) < 4.78 is 1.71. The molecule has 2 heterocycles. The smallest absolute Gasteiger partial charge is 0.337 e. The number of hydrogen-bond acceptors (Lipinski definition) is 4. The molecule has 0 aliphatic carbocycles. The van der Waals surface area contributed by atoms with Crippen LogP contribution in [0.4, 0.5) is 5.69 Å². The zero-order valence-electron chi connectivity index (χ0n) is 11.8. The minimum Gasteiger partial charge on any atom is -0.478 e. The van der Waals surface area contributed by atoms with Crippen LogP contribution in [0.1, 0.15) is 28.0 Å². The molecule has 7 nitrogen and oxygen atoms in total. The van der Waals surface area contributed by atoms with Gasteiger partial charge < -0.3 is 10.4 Å². The number of aryl methyl sites for hydroxylation is 3. The maximum absolute atomic E-state index is 11.9. The van der Waals surface area contributed by atoms with E-state index in [1.54, 1.807) is 4.68 Å². The SMILES string of the molecule is Cc1nn(C)cc1CCC(=O)Nc1cncc(C(=O)O)c1. The quantitative estimate of drug-likeness (QED) is 0.866. The average Bonchev–Trinajstić information content (AvgIpc) is 2.75. The number of nitrogens with zero attached hydrogens (tertiary/aromatic N) is 3. The van der Waals surface area contributed by atoms with Gasteiger partial charge in [0.1, 0.15) is 0 Å². The summed E-state index contributed by atoms with van der Waals surface area (Å²) in [5, 5.41) is 15.7. The van der Waals surface area contributed by atoms with Crippen LogP contribution in [0.15, 0.2) is 24.7 Å². The monoisotopic (exact) mass is 288 g/mol. The molecular weight excluding hydrogens is 272 g/mol. The molecule has 2 N–H and O–H groups in total. The molecule has 2 aromatic heterocycles. The summed E-state index contributed by atoms with van der Waals surface area (Å²) in [6.45, 7) is 1.90. The number of rotatable bonds is 5. The highest BCUT2D eigenvalue weighted by Crippen LogP contribution is 2.11. The number of carboxylic acids is 1. The van der Waals surface area contributed by atoms with Gasteiger partial charge in [-0.05, 0) is 25.0 Å². The van der Waals surface area contributed by atoms with Crippen LogP contribution in [-0.2, 0) is 18.3 Å². The van der Waals surface area contributed by atoms with Crippen molar-refractivity contribution < 1.29 is 14.7 Å². The number of pyridine rings is 1. The predicted molar refractivity (Wildman–Crippen MR) is 76.1 cm³/mol. The second kappa shape index (κ2) is 6.17. The molecule has 21 heavy (non-hydrogen) atoms. The van der Waals surface area contributed by atoms with Crippen LogP contribution in [0, 0.1) is 6.92 Å². The van der Waals surface area contributed by atoms with Gasteiger partial charge in [0.2, 0.25) is 5.91 Å². The fourth-order valence-corrected chi connectivity index (χ4v) is 1.99. The maximum atomic E-state index is 11.9. The first kappa shape index (κ1) is 14.7. The van der Waals surface area contributed by atoms with Crippen molar-refractivity contribution in [3.63, 3.8) is 0 Å². The molecule has 0 spiro atoms.